The zero-order valence-corrected chi connectivity index (χ0v) is 9.34. The number of hydrogen-bond acceptors (Lipinski definition) is 2. The molecule has 0 bridgehead atoms. The average molecular weight is 203 g/mol. The molecule has 15 heavy (non-hydrogen) atoms. The molecule has 0 heterocycles. The maximum absolute atomic E-state index is 11.8. The summed E-state index contributed by atoms with van der Waals surface area (Å²) in [4.78, 5) is 11.8. The molecule has 0 fully saturated rings. The molecule has 2 rings (SSSR count). The minimum atomic E-state index is 0.227. The summed E-state index contributed by atoms with van der Waals surface area (Å²) in [5.41, 5.74) is 9.74. The lowest BCUT2D eigenvalue weighted by Gasteiger charge is -2.12. The summed E-state index contributed by atoms with van der Waals surface area (Å²) < 4.78 is 0. The predicted octanol–water partition coefficient (Wildman–Crippen LogP) is 3.05. The van der Waals surface area contributed by atoms with Crippen LogP contribution in [0.15, 0.2) is 12.1 Å². The van der Waals surface area contributed by atoms with E-state index in [2.05, 4.69) is 13.8 Å². The van der Waals surface area contributed by atoms with Crippen LogP contribution in [0.1, 0.15) is 53.6 Å². The van der Waals surface area contributed by atoms with Crippen molar-refractivity contribution in [1.82, 2.24) is 0 Å². The number of nitrogen functional groups attached to an aromatic ring is 1. The molecular formula is C13H17NO. The van der Waals surface area contributed by atoms with E-state index in [1.807, 2.05) is 12.1 Å². The summed E-state index contributed by atoms with van der Waals surface area (Å²) in [5, 5.41) is 0. The molecule has 1 aliphatic rings. The van der Waals surface area contributed by atoms with Gasteiger partial charge < -0.3 is 5.73 Å². The first kappa shape index (κ1) is 10.2. The Bertz CT molecular complexity index is 409. The first-order valence-corrected chi connectivity index (χ1v) is 5.57. The second-order valence-corrected chi connectivity index (χ2v) is 4.37. The molecule has 0 aliphatic heterocycles. The van der Waals surface area contributed by atoms with Gasteiger partial charge in [-0.15, -0.1) is 0 Å². The maximum atomic E-state index is 11.8. The van der Waals surface area contributed by atoms with E-state index in [4.69, 9.17) is 5.73 Å². The second-order valence-electron chi connectivity index (χ2n) is 4.37. The molecule has 0 aromatic heterocycles. The summed E-state index contributed by atoms with van der Waals surface area (Å²) in [6.07, 6.45) is 2.85. The highest BCUT2D eigenvalue weighted by Crippen LogP contribution is 2.40. The van der Waals surface area contributed by atoms with Gasteiger partial charge in [0.2, 0.25) is 0 Å². The van der Waals surface area contributed by atoms with Gasteiger partial charge in [-0.3, -0.25) is 4.79 Å². The number of Topliss-reactive ketones (excluding diaryl/α,β-unsaturated/α-hetero) is 1. The number of rotatable bonds is 2. The van der Waals surface area contributed by atoms with Crippen LogP contribution >= 0.6 is 0 Å². The summed E-state index contributed by atoms with van der Waals surface area (Å²) in [7, 11) is 0. The molecule has 0 saturated heterocycles. The van der Waals surface area contributed by atoms with Gasteiger partial charge in [0.05, 0.1) is 0 Å². The topological polar surface area (TPSA) is 43.1 Å². The van der Waals surface area contributed by atoms with Crippen LogP contribution in [0.2, 0.25) is 0 Å². The first-order chi connectivity index (χ1) is 7.15. The van der Waals surface area contributed by atoms with Crippen LogP contribution in [-0.4, -0.2) is 5.78 Å². The van der Waals surface area contributed by atoms with Crippen molar-refractivity contribution in [3.05, 3.63) is 28.8 Å². The van der Waals surface area contributed by atoms with Crippen LogP contribution in [0.25, 0.3) is 0 Å². The summed E-state index contributed by atoms with van der Waals surface area (Å²) in [6.45, 7) is 4.23. The van der Waals surface area contributed by atoms with Gasteiger partial charge in [0.15, 0.2) is 5.78 Å². The van der Waals surface area contributed by atoms with E-state index in [9.17, 15) is 4.79 Å². The van der Waals surface area contributed by atoms with E-state index in [-0.39, 0.29) is 5.78 Å². The van der Waals surface area contributed by atoms with Gasteiger partial charge in [-0.05, 0) is 36.5 Å². The Kier molecular flexibility index (Phi) is 2.51. The normalized spacial score (nSPS) is 19.3. The molecule has 0 amide bonds. The van der Waals surface area contributed by atoms with Gasteiger partial charge in [0, 0.05) is 17.7 Å². The Labute approximate surface area is 90.5 Å². The van der Waals surface area contributed by atoms with Crippen molar-refractivity contribution in [3.8, 4) is 0 Å². The highest BCUT2D eigenvalue weighted by molar-refractivity contribution is 6.06. The van der Waals surface area contributed by atoms with E-state index >= 15 is 0 Å². The summed E-state index contributed by atoms with van der Waals surface area (Å²) in [5.74, 6) is 0.630. The van der Waals surface area contributed by atoms with Crippen molar-refractivity contribution in [2.45, 2.75) is 39.0 Å². The molecule has 2 heteroatoms. The number of ketones is 1. The van der Waals surface area contributed by atoms with E-state index in [1.54, 1.807) is 0 Å². The standard InChI is InChI=1S/C13H17NO/c1-3-4-9-7-11(15)13-10(14)6-5-8(2)12(9)13/h5-6,9H,3-4,7,14H2,1-2H3. The van der Waals surface area contributed by atoms with Crippen LogP contribution in [0.3, 0.4) is 0 Å². The smallest absolute Gasteiger partial charge is 0.165 e. The van der Waals surface area contributed by atoms with Crippen molar-refractivity contribution in [2.75, 3.05) is 5.73 Å². The highest BCUT2D eigenvalue weighted by atomic mass is 16.1. The molecule has 1 atom stereocenters. The van der Waals surface area contributed by atoms with Crippen molar-refractivity contribution in [1.29, 1.82) is 0 Å². The Morgan fingerprint density at radius 2 is 2.20 bits per heavy atom. The van der Waals surface area contributed by atoms with Crippen LogP contribution in [0.4, 0.5) is 5.69 Å². The second kappa shape index (κ2) is 3.69. The van der Waals surface area contributed by atoms with E-state index in [0.29, 0.717) is 18.0 Å². The number of benzene rings is 1. The fourth-order valence-electron chi connectivity index (χ4n) is 2.60. The number of aryl methyl sites for hydroxylation is 1. The van der Waals surface area contributed by atoms with Gasteiger partial charge in [-0.2, -0.15) is 0 Å². The molecule has 2 N–H and O–H groups in total. The number of anilines is 1. The van der Waals surface area contributed by atoms with Crippen LogP contribution in [0, 0.1) is 6.92 Å². The largest absolute Gasteiger partial charge is 0.398 e. The minimum absolute atomic E-state index is 0.227. The molecular weight excluding hydrogens is 186 g/mol. The van der Waals surface area contributed by atoms with Crippen molar-refractivity contribution in [3.63, 3.8) is 0 Å². The zero-order chi connectivity index (χ0) is 11.0. The third-order valence-corrected chi connectivity index (χ3v) is 3.25. The Morgan fingerprint density at radius 1 is 1.47 bits per heavy atom. The Hall–Kier alpha value is -1.31. The Morgan fingerprint density at radius 3 is 2.87 bits per heavy atom. The average Bonchev–Trinajstić information content (AvgIpc) is 2.51. The molecule has 1 unspecified atom stereocenters. The van der Waals surface area contributed by atoms with E-state index < -0.39 is 0 Å². The van der Waals surface area contributed by atoms with Gasteiger partial charge in [0.25, 0.3) is 0 Å². The summed E-state index contributed by atoms with van der Waals surface area (Å²) >= 11 is 0. The van der Waals surface area contributed by atoms with Crippen molar-refractivity contribution in [2.24, 2.45) is 0 Å². The monoisotopic (exact) mass is 203 g/mol. The fraction of sp³-hybridized carbons (Fsp3) is 0.462. The number of carbonyl (C=O) groups excluding carboxylic acids is 1. The number of fused-ring (bicyclic) bond motifs is 1. The number of carbonyl (C=O) groups is 1. The molecule has 2 nitrogen and oxygen atoms in total. The molecule has 0 spiro atoms. The van der Waals surface area contributed by atoms with Crippen LogP contribution in [-0.2, 0) is 0 Å². The van der Waals surface area contributed by atoms with Crippen molar-refractivity contribution >= 4 is 11.5 Å². The fourth-order valence-corrected chi connectivity index (χ4v) is 2.60. The van der Waals surface area contributed by atoms with Gasteiger partial charge in [0.1, 0.15) is 0 Å². The molecule has 0 saturated carbocycles. The minimum Gasteiger partial charge on any atom is -0.398 e. The molecule has 1 aromatic rings. The number of nitrogens with two attached hydrogens (primary N) is 1. The molecule has 0 radical (unpaired) electrons. The van der Waals surface area contributed by atoms with Gasteiger partial charge >= 0.3 is 0 Å². The highest BCUT2D eigenvalue weighted by Gasteiger charge is 2.31. The lowest BCUT2D eigenvalue weighted by Crippen LogP contribution is -2.00. The summed E-state index contributed by atoms with van der Waals surface area (Å²) in [6, 6.07) is 3.87. The van der Waals surface area contributed by atoms with Crippen LogP contribution in [0.5, 0.6) is 0 Å². The number of hydrogen-bond donors (Lipinski definition) is 1. The predicted molar refractivity (Wildman–Crippen MR) is 62.2 cm³/mol. The van der Waals surface area contributed by atoms with Gasteiger partial charge in [-0.1, -0.05) is 19.4 Å². The molecule has 1 aromatic carbocycles. The van der Waals surface area contributed by atoms with Crippen molar-refractivity contribution < 1.29 is 4.79 Å². The lowest BCUT2D eigenvalue weighted by atomic mass is 9.92. The zero-order valence-electron chi connectivity index (χ0n) is 9.34. The quantitative estimate of drug-likeness (QED) is 0.751. The van der Waals surface area contributed by atoms with Gasteiger partial charge in [-0.25, -0.2) is 0 Å². The Balaban J connectivity index is 2.54. The third-order valence-electron chi connectivity index (χ3n) is 3.25. The molecule has 80 valence electrons. The molecule has 1 aliphatic carbocycles. The maximum Gasteiger partial charge on any atom is 0.165 e. The lowest BCUT2D eigenvalue weighted by molar-refractivity contribution is 0.0989. The third kappa shape index (κ3) is 1.54. The van der Waals surface area contributed by atoms with E-state index in [1.165, 1.54) is 11.1 Å². The van der Waals surface area contributed by atoms with Crippen LogP contribution < -0.4 is 5.73 Å². The SMILES string of the molecule is CCCC1CC(=O)c2c(N)ccc(C)c21. The first-order valence-electron chi connectivity index (χ1n) is 5.57. The van der Waals surface area contributed by atoms with E-state index in [0.717, 1.165) is 18.4 Å².